The topological polar surface area (TPSA) is 29.1 Å². The maximum atomic E-state index is 11.9. The Morgan fingerprint density at radius 2 is 2.06 bits per heavy atom. The smallest absolute Gasteiger partial charge is 0.137 e. The number of hydrogen-bond donors (Lipinski definition) is 1. The molecule has 1 aromatic carbocycles. The van der Waals surface area contributed by atoms with Crippen LogP contribution in [0.3, 0.4) is 0 Å². The molecule has 0 bridgehead atoms. The van der Waals surface area contributed by atoms with Gasteiger partial charge in [-0.25, -0.2) is 0 Å². The van der Waals surface area contributed by atoms with Gasteiger partial charge in [-0.2, -0.15) is 0 Å². The highest BCUT2D eigenvalue weighted by Gasteiger charge is 2.14. The van der Waals surface area contributed by atoms with E-state index >= 15 is 0 Å². The first-order valence-electron chi connectivity index (χ1n) is 6.73. The SMILES string of the molecule is O=C(CCC1CCCCN1)Cc1ccc(Br)cc1. The van der Waals surface area contributed by atoms with Gasteiger partial charge in [0.1, 0.15) is 5.78 Å². The second-order valence-electron chi connectivity index (χ2n) is 5.03. The molecule has 1 N–H and O–H groups in total. The summed E-state index contributed by atoms with van der Waals surface area (Å²) in [6.45, 7) is 1.12. The van der Waals surface area contributed by atoms with Gasteiger partial charge in [0.2, 0.25) is 0 Å². The van der Waals surface area contributed by atoms with E-state index in [2.05, 4.69) is 21.2 Å². The lowest BCUT2D eigenvalue weighted by atomic mass is 9.97. The zero-order valence-electron chi connectivity index (χ0n) is 10.6. The van der Waals surface area contributed by atoms with Crippen LogP contribution in [0, 0.1) is 0 Å². The van der Waals surface area contributed by atoms with Crippen molar-refractivity contribution < 1.29 is 4.79 Å². The maximum Gasteiger partial charge on any atom is 0.137 e. The molecule has 1 saturated heterocycles. The summed E-state index contributed by atoms with van der Waals surface area (Å²) in [5.41, 5.74) is 1.11. The number of carbonyl (C=O) groups is 1. The van der Waals surface area contributed by atoms with Crippen LogP contribution in [-0.2, 0) is 11.2 Å². The standard InChI is InChI=1S/C15H20BrNO/c16-13-6-4-12(5-7-13)11-15(18)9-8-14-3-1-2-10-17-14/h4-7,14,17H,1-3,8-11H2. The van der Waals surface area contributed by atoms with Crippen LogP contribution in [0.2, 0.25) is 0 Å². The van der Waals surface area contributed by atoms with Crippen LogP contribution in [0.15, 0.2) is 28.7 Å². The van der Waals surface area contributed by atoms with Gasteiger partial charge in [-0.15, -0.1) is 0 Å². The van der Waals surface area contributed by atoms with Gasteiger partial charge in [-0.1, -0.05) is 34.5 Å². The van der Waals surface area contributed by atoms with E-state index < -0.39 is 0 Å². The highest BCUT2D eigenvalue weighted by atomic mass is 79.9. The fourth-order valence-electron chi connectivity index (χ4n) is 2.42. The first kappa shape index (κ1) is 13.8. The summed E-state index contributed by atoms with van der Waals surface area (Å²) in [5, 5.41) is 3.49. The summed E-state index contributed by atoms with van der Waals surface area (Å²) < 4.78 is 1.06. The lowest BCUT2D eigenvalue weighted by Crippen LogP contribution is -2.34. The van der Waals surface area contributed by atoms with Crippen LogP contribution in [0.1, 0.15) is 37.7 Å². The molecule has 1 aliphatic heterocycles. The molecule has 1 atom stereocenters. The molecule has 0 aliphatic carbocycles. The average Bonchev–Trinajstić information content (AvgIpc) is 2.40. The van der Waals surface area contributed by atoms with Gasteiger partial charge in [0.25, 0.3) is 0 Å². The van der Waals surface area contributed by atoms with E-state index in [9.17, 15) is 4.79 Å². The van der Waals surface area contributed by atoms with Crippen molar-refractivity contribution in [2.45, 2.75) is 44.6 Å². The predicted molar refractivity (Wildman–Crippen MR) is 77.7 cm³/mol. The molecule has 0 saturated carbocycles. The molecule has 18 heavy (non-hydrogen) atoms. The zero-order valence-corrected chi connectivity index (χ0v) is 12.2. The molecule has 0 radical (unpaired) electrons. The van der Waals surface area contributed by atoms with Gasteiger partial charge in [-0.3, -0.25) is 4.79 Å². The van der Waals surface area contributed by atoms with Crippen molar-refractivity contribution in [3.63, 3.8) is 0 Å². The van der Waals surface area contributed by atoms with E-state index in [4.69, 9.17) is 0 Å². The summed E-state index contributed by atoms with van der Waals surface area (Å²) in [7, 11) is 0. The molecular formula is C15H20BrNO. The number of ketones is 1. The Hall–Kier alpha value is -0.670. The first-order valence-corrected chi connectivity index (χ1v) is 7.53. The van der Waals surface area contributed by atoms with Crippen molar-refractivity contribution in [2.75, 3.05) is 6.54 Å². The van der Waals surface area contributed by atoms with Crippen molar-refractivity contribution >= 4 is 21.7 Å². The quantitative estimate of drug-likeness (QED) is 0.902. The number of hydrogen-bond acceptors (Lipinski definition) is 2. The van der Waals surface area contributed by atoms with Gasteiger partial charge in [0.05, 0.1) is 0 Å². The molecule has 1 fully saturated rings. The Balaban J connectivity index is 1.73. The fourth-order valence-corrected chi connectivity index (χ4v) is 2.69. The summed E-state index contributed by atoms with van der Waals surface area (Å²) in [5.74, 6) is 0.352. The molecule has 1 heterocycles. The van der Waals surface area contributed by atoms with Gasteiger partial charge >= 0.3 is 0 Å². The Kier molecular flexibility index (Phi) is 5.39. The van der Waals surface area contributed by atoms with E-state index in [1.54, 1.807) is 0 Å². The molecule has 3 heteroatoms. The normalized spacial score (nSPS) is 19.7. The van der Waals surface area contributed by atoms with Crippen LogP contribution in [0.4, 0.5) is 0 Å². The molecule has 98 valence electrons. The van der Waals surface area contributed by atoms with E-state index in [1.807, 2.05) is 24.3 Å². The van der Waals surface area contributed by atoms with Crippen LogP contribution in [0.5, 0.6) is 0 Å². The van der Waals surface area contributed by atoms with Crippen LogP contribution < -0.4 is 5.32 Å². The second kappa shape index (κ2) is 7.05. The molecule has 2 rings (SSSR count). The molecule has 0 amide bonds. The number of carbonyl (C=O) groups excluding carboxylic acids is 1. The molecule has 2 nitrogen and oxygen atoms in total. The van der Waals surface area contributed by atoms with Crippen LogP contribution in [0.25, 0.3) is 0 Å². The van der Waals surface area contributed by atoms with Gasteiger partial charge in [0.15, 0.2) is 0 Å². The van der Waals surface area contributed by atoms with Gasteiger partial charge in [-0.05, 0) is 43.5 Å². The Morgan fingerprint density at radius 1 is 1.28 bits per heavy atom. The monoisotopic (exact) mass is 309 g/mol. The van der Waals surface area contributed by atoms with Crippen LogP contribution in [-0.4, -0.2) is 18.4 Å². The summed E-state index contributed by atoms with van der Waals surface area (Å²) in [6, 6.07) is 8.57. The van der Waals surface area contributed by atoms with Crippen molar-refractivity contribution in [2.24, 2.45) is 0 Å². The van der Waals surface area contributed by atoms with E-state index in [1.165, 1.54) is 19.3 Å². The minimum absolute atomic E-state index is 0.352. The number of nitrogens with one attached hydrogen (secondary N) is 1. The second-order valence-corrected chi connectivity index (χ2v) is 5.94. The van der Waals surface area contributed by atoms with Gasteiger partial charge in [0, 0.05) is 23.4 Å². The number of rotatable bonds is 5. The number of halogens is 1. The Morgan fingerprint density at radius 3 is 2.72 bits per heavy atom. The number of piperidine rings is 1. The largest absolute Gasteiger partial charge is 0.314 e. The molecule has 1 unspecified atom stereocenters. The lowest BCUT2D eigenvalue weighted by Gasteiger charge is -2.22. The maximum absolute atomic E-state index is 11.9. The van der Waals surface area contributed by atoms with Crippen LogP contribution >= 0.6 is 15.9 Å². The minimum Gasteiger partial charge on any atom is -0.314 e. The Bertz CT molecular complexity index is 382. The molecular weight excluding hydrogens is 290 g/mol. The van der Waals surface area contributed by atoms with Gasteiger partial charge < -0.3 is 5.32 Å². The Labute approximate surface area is 117 Å². The third-order valence-corrected chi connectivity index (χ3v) is 4.03. The van der Waals surface area contributed by atoms with E-state index in [0.29, 0.717) is 24.7 Å². The minimum atomic E-state index is 0.352. The van der Waals surface area contributed by atoms with E-state index in [-0.39, 0.29) is 0 Å². The van der Waals surface area contributed by atoms with Crippen molar-refractivity contribution in [1.29, 1.82) is 0 Å². The van der Waals surface area contributed by atoms with Crippen molar-refractivity contribution in [1.82, 2.24) is 5.32 Å². The van der Waals surface area contributed by atoms with Crippen molar-refractivity contribution in [3.8, 4) is 0 Å². The zero-order chi connectivity index (χ0) is 12.8. The summed E-state index contributed by atoms with van der Waals surface area (Å²) in [4.78, 5) is 11.9. The number of benzene rings is 1. The first-order chi connectivity index (χ1) is 8.74. The summed E-state index contributed by atoms with van der Waals surface area (Å²) in [6.07, 6.45) is 6.08. The molecule has 0 spiro atoms. The third-order valence-electron chi connectivity index (χ3n) is 3.50. The summed E-state index contributed by atoms with van der Waals surface area (Å²) >= 11 is 3.40. The molecule has 1 aliphatic rings. The molecule has 0 aromatic heterocycles. The number of Topliss-reactive ketones (excluding diaryl/α,β-unsaturated/α-hetero) is 1. The average molecular weight is 310 g/mol. The lowest BCUT2D eigenvalue weighted by molar-refractivity contribution is -0.118. The highest BCUT2D eigenvalue weighted by Crippen LogP contribution is 2.14. The third kappa shape index (κ3) is 4.54. The fraction of sp³-hybridized carbons (Fsp3) is 0.533. The predicted octanol–water partition coefficient (Wildman–Crippen LogP) is 3.48. The van der Waals surface area contributed by atoms with Crippen molar-refractivity contribution in [3.05, 3.63) is 34.3 Å². The highest BCUT2D eigenvalue weighted by molar-refractivity contribution is 9.10. The van der Waals surface area contributed by atoms with E-state index in [0.717, 1.165) is 23.0 Å². The molecule has 1 aromatic rings.